The summed E-state index contributed by atoms with van der Waals surface area (Å²) in [6, 6.07) is 0. The summed E-state index contributed by atoms with van der Waals surface area (Å²) in [4.78, 5) is 21.8. The number of rotatable bonds is 7. The van der Waals surface area contributed by atoms with Gasteiger partial charge in [0.25, 0.3) is 5.56 Å². The summed E-state index contributed by atoms with van der Waals surface area (Å²) < 4.78 is 1.34. The molecular formula is C14H20N4OS2. The first-order chi connectivity index (χ1) is 10.0. The molecule has 2 heterocycles. The second-order valence-electron chi connectivity index (χ2n) is 4.99. The summed E-state index contributed by atoms with van der Waals surface area (Å²) in [5.74, 6) is 0. The van der Waals surface area contributed by atoms with Crippen molar-refractivity contribution >= 4 is 40.5 Å². The van der Waals surface area contributed by atoms with E-state index in [1.807, 2.05) is 6.08 Å². The number of nitrogens with zero attached hydrogens (tertiary/aromatic N) is 2. The van der Waals surface area contributed by atoms with E-state index in [4.69, 9.17) is 0 Å². The van der Waals surface area contributed by atoms with Gasteiger partial charge in [0.2, 0.25) is 0 Å². The zero-order chi connectivity index (χ0) is 15.2. The smallest absolute Gasteiger partial charge is 0.266 e. The standard InChI is InChI=1S/C14H20N4OS2/c1-10-17-13(19)12(20-10)8-11-9-16-14(21-11)15-6-4-5-7-18(2)3/h8-9H,1,4-7H2,2-3H3,(H,15,16)(H,17,19)/b12-8-. The molecule has 0 aliphatic carbocycles. The van der Waals surface area contributed by atoms with E-state index in [0.717, 1.165) is 29.5 Å². The van der Waals surface area contributed by atoms with Crippen LogP contribution >= 0.6 is 22.7 Å². The van der Waals surface area contributed by atoms with Gasteiger partial charge in [0.1, 0.15) is 0 Å². The average molecular weight is 324 g/mol. The van der Waals surface area contributed by atoms with E-state index in [1.165, 1.54) is 17.8 Å². The highest BCUT2D eigenvalue weighted by atomic mass is 32.1. The maximum absolute atomic E-state index is 11.6. The topological polar surface area (TPSA) is 61.0 Å². The van der Waals surface area contributed by atoms with Crippen molar-refractivity contribution in [1.82, 2.24) is 14.9 Å². The van der Waals surface area contributed by atoms with Crippen LogP contribution in [0.2, 0.25) is 0 Å². The van der Waals surface area contributed by atoms with Crippen LogP contribution in [0.3, 0.4) is 0 Å². The van der Waals surface area contributed by atoms with E-state index in [1.54, 1.807) is 17.5 Å². The van der Waals surface area contributed by atoms with Crippen LogP contribution < -0.4 is 20.1 Å². The van der Waals surface area contributed by atoms with Gasteiger partial charge >= 0.3 is 0 Å². The second-order valence-corrected chi connectivity index (χ2v) is 7.19. The van der Waals surface area contributed by atoms with Crippen molar-refractivity contribution in [2.24, 2.45) is 0 Å². The van der Waals surface area contributed by atoms with E-state index in [-0.39, 0.29) is 5.56 Å². The van der Waals surface area contributed by atoms with Gasteiger partial charge < -0.3 is 15.2 Å². The van der Waals surface area contributed by atoms with E-state index >= 15 is 0 Å². The van der Waals surface area contributed by atoms with Crippen molar-refractivity contribution in [3.05, 3.63) is 30.6 Å². The van der Waals surface area contributed by atoms with Crippen molar-refractivity contribution in [2.75, 3.05) is 32.5 Å². The van der Waals surface area contributed by atoms with Gasteiger partial charge in [-0.3, -0.25) is 4.79 Å². The first kappa shape index (κ1) is 15.9. The molecule has 0 atom stereocenters. The molecule has 0 aromatic carbocycles. The molecule has 0 radical (unpaired) electrons. The minimum atomic E-state index is -0.0865. The van der Waals surface area contributed by atoms with Crippen LogP contribution in [0, 0.1) is 0 Å². The monoisotopic (exact) mass is 324 g/mol. The summed E-state index contributed by atoms with van der Waals surface area (Å²) in [5.41, 5.74) is -0.0865. The highest BCUT2D eigenvalue weighted by Gasteiger charge is 2.00. The highest BCUT2D eigenvalue weighted by molar-refractivity contribution is 7.16. The number of aromatic nitrogens is 2. The molecule has 0 spiro atoms. The fourth-order valence-electron chi connectivity index (χ4n) is 1.80. The molecule has 0 saturated carbocycles. The SMILES string of the molecule is C=c1[nH]c(=O)/c(=C/c2cnc(NCCCCN(C)C)s2)s1. The predicted octanol–water partition coefficient (Wildman–Crippen LogP) is 0.886. The van der Waals surface area contributed by atoms with Crippen molar-refractivity contribution in [3.8, 4) is 0 Å². The van der Waals surface area contributed by atoms with Crippen molar-refractivity contribution in [2.45, 2.75) is 12.8 Å². The average Bonchev–Trinajstić information content (AvgIpc) is 2.96. The lowest BCUT2D eigenvalue weighted by Crippen LogP contribution is -2.19. The van der Waals surface area contributed by atoms with Crippen LogP contribution in [0.1, 0.15) is 17.7 Å². The quantitative estimate of drug-likeness (QED) is 0.743. The summed E-state index contributed by atoms with van der Waals surface area (Å²) in [5, 5.41) is 4.22. The number of hydrogen-bond acceptors (Lipinski definition) is 6. The summed E-state index contributed by atoms with van der Waals surface area (Å²) in [7, 11) is 4.17. The Morgan fingerprint density at radius 2 is 2.24 bits per heavy atom. The number of thiazole rings is 2. The molecule has 0 aliphatic rings. The van der Waals surface area contributed by atoms with Gasteiger partial charge in [0.05, 0.1) is 14.1 Å². The van der Waals surface area contributed by atoms with E-state index in [0.29, 0.717) is 9.20 Å². The number of nitrogens with one attached hydrogen (secondary N) is 2. The minimum Gasteiger partial charge on any atom is -0.362 e. The lowest BCUT2D eigenvalue weighted by Gasteiger charge is -2.08. The van der Waals surface area contributed by atoms with Gasteiger partial charge in [0, 0.05) is 12.7 Å². The van der Waals surface area contributed by atoms with Crippen LogP contribution in [0.5, 0.6) is 0 Å². The Bertz CT molecular complexity index is 729. The van der Waals surface area contributed by atoms with Crippen LogP contribution in [-0.4, -0.2) is 42.1 Å². The molecule has 21 heavy (non-hydrogen) atoms. The van der Waals surface area contributed by atoms with Gasteiger partial charge in [-0.25, -0.2) is 4.98 Å². The zero-order valence-corrected chi connectivity index (χ0v) is 13.9. The Kier molecular flexibility index (Phi) is 5.72. The van der Waals surface area contributed by atoms with Crippen molar-refractivity contribution in [3.63, 3.8) is 0 Å². The predicted molar refractivity (Wildman–Crippen MR) is 91.7 cm³/mol. The van der Waals surface area contributed by atoms with Crippen LogP contribution in [0.15, 0.2) is 11.0 Å². The van der Waals surface area contributed by atoms with Crippen molar-refractivity contribution in [1.29, 1.82) is 0 Å². The molecule has 0 amide bonds. The Balaban J connectivity index is 1.90. The third-order valence-corrected chi connectivity index (χ3v) is 4.59. The third-order valence-electron chi connectivity index (χ3n) is 2.82. The second kappa shape index (κ2) is 7.53. The lowest BCUT2D eigenvalue weighted by atomic mass is 10.3. The molecule has 0 fully saturated rings. The fourth-order valence-corrected chi connectivity index (χ4v) is 3.40. The summed E-state index contributed by atoms with van der Waals surface area (Å²) in [6.07, 6.45) is 5.93. The van der Waals surface area contributed by atoms with Gasteiger partial charge in [-0.1, -0.05) is 17.9 Å². The van der Waals surface area contributed by atoms with E-state index in [2.05, 4.69) is 40.9 Å². The van der Waals surface area contributed by atoms with Crippen LogP contribution in [0.4, 0.5) is 5.13 Å². The molecule has 0 aliphatic heterocycles. The molecule has 2 aromatic heterocycles. The highest BCUT2D eigenvalue weighted by Crippen LogP contribution is 2.18. The number of anilines is 1. The molecule has 5 nitrogen and oxygen atoms in total. The molecule has 2 aromatic rings. The number of hydrogen-bond donors (Lipinski definition) is 2. The molecule has 2 N–H and O–H groups in total. The van der Waals surface area contributed by atoms with Crippen LogP contribution in [-0.2, 0) is 0 Å². The first-order valence-corrected chi connectivity index (χ1v) is 8.42. The number of H-pyrrole nitrogens is 1. The number of aromatic amines is 1. The molecule has 7 heteroatoms. The summed E-state index contributed by atoms with van der Waals surface area (Å²) in [6.45, 7) is 5.76. The molecular weight excluding hydrogens is 304 g/mol. The molecule has 0 bridgehead atoms. The maximum atomic E-state index is 11.6. The Labute approximate surface area is 131 Å². The molecule has 2 rings (SSSR count). The minimum absolute atomic E-state index is 0.0865. The largest absolute Gasteiger partial charge is 0.362 e. The molecule has 114 valence electrons. The summed E-state index contributed by atoms with van der Waals surface area (Å²) >= 11 is 2.92. The third kappa shape index (κ3) is 5.11. The lowest BCUT2D eigenvalue weighted by molar-refractivity contribution is 0.396. The zero-order valence-electron chi connectivity index (χ0n) is 12.3. The Morgan fingerprint density at radius 1 is 1.43 bits per heavy atom. The maximum Gasteiger partial charge on any atom is 0.266 e. The van der Waals surface area contributed by atoms with E-state index in [9.17, 15) is 4.79 Å². The van der Waals surface area contributed by atoms with E-state index < -0.39 is 0 Å². The molecule has 0 unspecified atom stereocenters. The molecule has 0 saturated heterocycles. The van der Waals surface area contributed by atoms with Crippen molar-refractivity contribution < 1.29 is 0 Å². The normalized spacial score (nSPS) is 12.2. The Hall–Kier alpha value is -1.44. The Morgan fingerprint density at radius 3 is 2.90 bits per heavy atom. The van der Waals surface area contributed by atoms with Gasteiger partial charge in [-0.2, -0.15) is 0 Å². The number of unbranched alkanes of at least 4 members (excludes halogenated alkanes) is 1. The van der Waals surface area contributed by atoms with Gasteiger partial charge in [-0.05, 0) is 39.6 Å². The van der Waals surface area contributed by atoms with Gasteiger partial charge in [0.15, 0.2) is 5.13 Å². The first-order valence-electron chi connectivity index (χ1n) is 6.79. The van der Waals surface area contributed by atoms with Crippen LogP contribution in [0.25, 0.3) is 12.7 Å². The fraction of sp³-hybridized carbons (Fsp3) is 0.429. The van der Waals surface area contributed by atoms with Gasteiger partial charge in [-0.15, -0.1) is 11.3 Å².